The molecule has 0 saturated carbocycles. The van der Waals surface area contributed by atoms with E-state index in [9.17, 15) is 0 Å². The summed E-state index contributed by atoms with van der Waals surface area (Å²) in [5.74, 6) is -0.0317. The molecule has 0 aliphatic rings. The SMILES string of the molecule is C/C=C/C=N/N=C(N)N. The van der Waals surface area contributed by atoms with Gasteiger partial charge in [-0.2, -0.15) is 5.10 Å². The van der Waals surface area contributed by atoms with Crippen molar-refractivity contribution in [3.8, 4) is 0 Å². The van der Waals surface area contributed by atoms with Crippen LogP contribution in [0.25, 0.3) is 0 Å². The van der Waals surface area contributed by atoms with Crippen molar-refractivity contribution in [1.29, 1.82) is 0 Å². The average molecular weight is 126 g/mol. The highest BCUT2D eigenvalue weighted by Crippen LogP contribution is 1.68. The molecule has 0 atom stereocenters. The Bertz CT molecular complexity index is 141. The second-order valence-corrected chi connectivity index (χ2v) is 1.32. The Morgan fingerprint density at radius 2 is 2.11 bits per heavy atom. The molecule has 4 N–H and O–H groups in total. The van der Waals surface area contributed by atoms with Crippen LogP contribution in [0.3, 0.4) is 0 Å². The summed E-state index contributed by atoms with van der Waals surface area (Å²) in [6.45, 7) is 1.88. The van der Waals surface area contributed by atoms with Crippen LogP contribution >= 0.6 is 0 Å². The van der Waals surface area contributed by atoms with Crippen molar-refractivity contribution in [1.82, 2.24) is 0 Å². The molecule has 0 bridgehead atoms. The number of guanidine groups is 1. The minimum absolute atomic E-state index is 0.0317. The Balaban J connectivity index is 3.60. The zero-order chi connectivity index (χ0) is 7.11. The summed E-state index contributed by atoms with van der Waals surface area (Å²) < 4.78 is 0. The maximum absolute atomic E-state index is 4.96. The Morgan fingerprint density at radius 1 is 1.44 bits per heavy atom. The molecule has 0 aromatic rings. The van der Waals surface area contributed by atoms with Crippen molar-refractivity contribution in [2.75, 3.05) is 0 Å². The molecule has 0 aromatic heterocycles. The summed E-state index contributed by atoms with van der Waals surface area (Å²) >= 11 is 0. The topological polar surface area (TPSA) is 76.8 Å². The molecule has 4 heteroatoms. The minimum atomic E-state index is -0.0317. The van der Waals surface area contributed by atoms with Crippen LogP contribution in [0.1, 0.15) is 6.92 Å². The predicted octanol–water partition coefficient (Wildman–Crippen LogP) is -0.178. The maximum atomic E-state index is 4.96. The van der Waals surface area contributed by atoms with E-state index < -0.39 is 0 Å². The van der Waals surface area contributed by atoms with E-state index in [1.54, 1.807) is 6.08 Å². The first kappa shape index (κ1) is 7.68. The molecule has 0 fully saturated rings. The van der Waals surface area contributed by atoms with Gasteiger partial charge in [0.25, 0.3) is 0 Å². The first-order chi connectivity index (χ1) is 4.27. The third-order valence-corrected chi connectivity index (χ3v) is 0.518. The van der Waals surface area contributed by atoms with Crippen molar-refractivity contribution < 1.29 is 0 Å². The van der Waals surface area contributed by atoms with Gasteiger partial charge in [0.1, 0.15) is 0 Å². The van der Waals surface area contributed by atoms with Crippen LogP contribution in [0, 0.1) is 0 Å². The highest BCUT2D eigenvalue weighted by Gasteiger charge is 1.69. The fraction of sp³-hybridized carbons (Fsp3) is 0.200. The van der Waals surface area contributed by atoms with E-state index >= 15 is 0 Å². The van der Waals surface area contributed by atoms with Crippen LogP contribution in [-0.2, 0) is 0 Å². The van der Waals surface area contributed by atoms with E-state index in [2.05, 4.69) is 10.2 Å². The molecule has 0 aliphatic carbocycles. The zero-order valence-corrected chi connectivity index (χ0v) is 5.28. The molecule has 0 heterocycles. The lowest BCUT2D eigenvalue weighted by Crippen LogP contribution is -2.21. The first-order valence-electron chi connectivity index (χ1n) is 2.50. The third kappa shape index (κ3) is 6.68. The number of nitrogens with two attached hydrogens (primary N) is 2. The van der Waals surface area contributed by atoms with Gasteiger partial charge < -0.3 is 11.5 Å². The molecule has 0 saturated heterocycles. The molecule has 9 heavy (non-hydrogen) atoms. The van der Waals surface area contributed by atoms with Gasteiger partial charge in [0.05, 0.1) is 0 Å². The van der Waals surface area contributed by atoms with Gasteiger partial charge >= 0.3 is 0 Å². The van der Waals surface area contributed by atoms with Crippen molar-refractivity contribution in [3.05, 3.63) is 12.2 Å². The second kappa shape index (κ2) is 4.83. The molecule has 0 unspecified atom stereocenters. The number of hydrogen-bond donors (Lipinski definition) is 2. The normalized spacial score (nSPS) is 10.8. The Hall–Kier alpha value is -1.32. The molecule has 0 spiro atoms. The highest BCUT2D eigenvalue weighted by molar-refractivity contribution is 5.77. The van der Waals surface area contributed by atoms with E-state index in [0.29, 0.717) is 0 Å². The first-order valence-corrected chi connectivity index (χ1v) is 2.50. The van der Waals surface area contributed by atoms with Crippen molar-refractivity contribution in [2.24, 2.45) is 21.7 Å². The highest BCUT2D eigenvalue weighted by atomic mass is 15.3. The van der Waals surface area contributed by atoms with E-state index in [-0.39, 0.29) is 5.96 Å². The van der Waals surface area contributed by atoms with E-state index in [1.165, 1.54) is 6.21 Å². The summed E-state index contributed by atoms with van der Waals surface area (Å²) in [6, 6.07) is 0. The molecule has 0 aromatic carbocycles. The quantitative estimate of drug-likeness (QED) is 0.306. The van der Waals surface area contributed by atoms with Crippen LogP contribution in [0.4, 0.5) is 0 Å². The van der Waals surface area contributed by atoms with Crippen molar-refractivity contribution >= 4 is 12.2 Å². The zero-order valence-electron chi connectivity index (χ0n) is 5.28. The monoisotopic (exact) mass is 126 g/mol. The summed E-state index contributed by atoms with van der Waals surface area (Å²) in [6.07, 6.45) is 5.05. The van der Waals surface area contributed by atoms with Gasteiger partial charge in [0.2, 0.25) is 5.96 Å². The van der Waals surface area contributed by atoms with E-state index in [1.807, 2.05) is 13.0 Å². The largest absolute Gasteiger partial charge is 0.369 e. The van der Waals surface area contributed by atoms with Gasteiger partial charge in [-0.05, 0) is 13.0 Å². The van der Waals surface area contributed by atoms with Crippen LogP contribution in [0.15, 0.2) is 22.4 Å². The Labute approximate surface area is 53.9 Å². The van der Waals surface area contributed by atoms with Crippen molar-refractivity contribution in [3.63, 3.8) is 0 Å². The average Bonchev–Trinajstić information content (AvgIpc) is 1.80. The predicted molar refractivity (Wildman–Crippen MR) is 39.1 cm³/mol. The lowest BCUT2D eigenvalue weighted by atomic mass is 10.6. The van der Waals surface area contributed by atoms with Crippen LogP contribution in [0.5, 0.6) is 0 Å². The number of rotatable bonds is 2. The van der Waals surface area contributed by atoms with E-state index in [0.717, 1.165) is 0 Å². The lowest BCUT2D eigenvalue weighted by molar-refractivity contribution is 1.22. The molecule has 0 rings (SSSR count). The van der Waals surface area contributed by atoms with Gasteiger partial charge in [-0.15, -0.1) is 5.10 Å². The Kier molecular flexibility index (Phi) is 4.12. The maximum Gasteiger partial charge on any atom is 0.211 e. The van der Waals surface area contributed by atoms with Gasteiger partial charge in [0.15, 0.2) is 0 Å². The fourth-order valence-electron chi connectivity index (χ4n) is 0.225. The van der Waals surface area contributed by atoms with Gasteiger partial charge in [-0.3, -0.25) is 0 Å². The number of nitrogens with zero attached hydrogens (tertiary/aromatic N) is 2. The molecular weight excluding hydrogens is 116 g/mol. The summed E-state index contributed by atoms with van der Waals surface area (Å²) in [5, 5.41) is 6.84. The molecule has 0 aliphatic heterocycles. The van der Waals surface area contributed by atoms with E-state index in [4.69, 9.17) is 11.5 Å². The smallest absolute Gasteiger partial charge is 0.211 e. The van der Waals surface area contributed by atoms with Crippen LogP contribution < -0.4 is 11.5 Å². The summed E-state index contributed by atoms with van der Waals surface area (Å²) in [7, 11) is 0. The van der Waals surface area contributed by atoms with Crippen LogP contribution in [0.2, 0.25) is 0 Å². The summed E-state index contributed by atoms with van der Waals surface area (Å²) in [5.41, 5.74) is 9.93. The number of allylic oxidation sites excluding steroid dienone is 2. The Morgan fingerprint density at radius 3 is 2.56 bits per heavy atom. The lowest BCUT2D eigenvalue weighted by Gasteiger charge is -1.79. The fourth-order valence-corrected chi connectivity index (χ4v) is 0.225. The third-order valence-electron chi connectivity index (χ3n) is 0.518. The van der Waals surface area contributed by atoms with Gasteiger partial charge in [-0.1, -0.05) is 6.08 Å². The standard InChI is InChI=1S/C5H10N4/c1-2-3-4-8-9-5(6)7/h2-4H,1H3,(H4,6,7,9)/b3-2+,8-4+. The van der Waals surface area contributed by atoms with Gasteiger partial charge in [-0.25, -0.2) is 0 Å². The molecular formula is C5H10N4. The van der Waals surface area contributed by atoms with Gasteiger partial charge in [0, 0.05) is 6.21 Å². The minimum Gasteiger partial charge on any atom is -0.369 e. The molecule has 0 radical (unpaired) electrons. The summed E-state index contributed by atoms with van der Waals surface area (Å²) in [4.78, 5) is 0. The molecule has 4 nitrogen and oxygen atoms in total. The van der Waals surface area contributed by atoms with Crippen molar-refractivity contribution in [2.45, 2.75) is 6.92 Å². The number of hydrogen-bond acceptors (Lipinski definition) is 2. The molecule has 50 valence electrons. The van der Waals surface area contributed by atoms with Crippen LogP contribution in [-0.4, -0.2) is 12.2 Å². The second-order valence-electron chi connectivity index (χ2n) is 1.32. The molecule has 0 amide bonds.